The average molecular weight is 521 g/mol. The quantitative estimate of drug-likeness (QED) is 0.345. The first-order chi connectivity index (χ1) is 16.4. The number of benzene rings is 1. The van der Waals surface area contributed by atoms with E-state index in [9.17, 15) is 9.59 Å². The van der Waals surface area contributed by atoms with Crippen molar-refractivity contribution in [3.8, 4) is 5.75 Å². The number of methoxy groups -OCH3 is 1. The molecular weight excluding hydrogens is 492 g/mol. The van der Waals surface area contributed by atoms with E-state index < -0.39 is 0 Å². The van der Waals surface area contributed by atoms with Crippen molar-refractivity contribution in [2.75, 3.05) is 30.2 Å². The van der Waals surface area contributed by atoms with Gasteiger partial charge in [0.05, 0.1) is 24.6 Å². The predicted octanol–water partition coefficient (Wildman–Crippen LogP) is 4.03. The van der Waals surface area contributed by atoms with Crippen LogP contribution >= 0.6 is 34.9 Å². The number of thioether (sulfide) groups is 2. The van der Waals surface area contributed by atoms with Crippen molar-refractivity contribution < 1.29 is 14.3 Å². The Bertz CT molecular complexity index is 1100. The standard InChI is InChI=1S/C22H28N6O3S3/c1-5-28-19(26-27-22(28)34-13-18(29)25-21-23-14(2)12-33-21)17(10-11-32-4)24-20(30)15-6-8-16(31-3)9-7-15/h6-9,12,17H,5,10-11,13H2,1-4H3,(H,24,30)(H,23,25,29). The zero-order valence-electron chi connectivity index (χ0n) is 19.5. The molecule has 3 aromatic rings. The summed E-state index contributed by atoms with van der Waals surface area (Å²) >= 11 is 4.40. The lowest BCUT2D eigenvalue weighted by Gasteiger charge is -2.19. The van der Waals surface area contributed by atoms with Gasteiger partial charge in [-0.3, -0.25) is 9.59 Å². The Morgan fingerprint density at radius 3 is 2.62 bits per heavy atom. The second-order valence-corrected chi connectivity index (χ2v) is 10.0. The third kappa shape index (κ3) is 6.97. The molecule has 2 aromatic heterocycles. The number of nitrogens with one attached hydrogen (secondary N) is 2. The van der Waals surface area contributed by atoms with Crippen LogP contribution in [0.4, 0.5) is 5.13 Å². The normalized spacial score (nSPS) is 11.8. The van der Waals surface area contributed by atoms with Gasteiger partial charge in [0.15, 0.2) is 16.1 Å². The van der Waals surface area contributed by atoms with E-state index in [0.717, 1.165) is 11.4 Å². The van der Waals surface area contributed by atoms with Crippen LogP contribution in [0.2, 0.25) is 0 Å². The average Bonchev–Trinajstić information content (AvgIpc) is 3.45. The molecule has 1 unspecified atom stereocenters. The Labute approximate surface area is 211 Å². The number of hydrogen-bond acceptors (Lipinski definition) is 9. The molecule has 0 bridgehead atoms. The predicted molar refractivity (Wildman–Crippen MR) is 138 cm³/mol. The molecule has 12 heteroatoms. The molecule has 2 amide bonds. The van der Waals surface area contributed by atoms with Crippen LogP contribution in [0.25, 0.3) is 0 Å². The lowest BCUT2D eigenvalue weighted by molar-refractivity contribution is -0.113. The van der Waals surface area contributed by atoms with Crippen molar-refractivity contribution in [2.45, 2.75) is 38.0 Å². The molecular formula is C22H28N6O3S3. The van der Waals surface area contributed by atoms with E-state index in [2.05, 4.69) is 25.8 Å². The van der Waals surface area contributed by atoms with E-state index in [1.165, 1.54) is 23.1 Å². The van der Waals surface area contributed by atoms with Gasteiger partial charge in [-0.05, 0) is 56.5 Å². The molecule has 9 nitrogen and oxygen atoms in total. The van der Waals surface area contributed by atoms with Gasteiger partial charge in [-0.15, -0.1) is 21.5 Å². The van der Waals surface area contributed by atoms with Gasteiger partial charge in [-0.25, -0.2) is 4.98 Å². The van der Waals surface area contributed by atoms with Gasteiger partial charge < -0.3 is 19.9 Å². The molecule has 0 spiro atoms. The maximum Gasteiger partial charge on any atom is 0.251 e. The smallest absolute Gasteiger partial charge is 0.251 e. The van der Waals surface area contributed by atoms with Gasteiger partial charge in [0.2, 0.25) is 5.91 Å². The summed E-state index contributed by atoms with van der Waals surface area (Å²) in [5, 5.41) is 17.7. The Morgan fingerprint density at radius 2 is 2.00 bits per heavy atom. The monoisotopic (exact) mass is 520 g/mol. The molecule has 1 aromatic carbocycles. The van der Waals surface area contributed by atoms with Crippen molar-refractivity contribution in [3.05, 3.63) is 46.7 Å². The fourth-order valence-corrected chi connectivity index (χ4v) is 5.13. The largest absolute Gasteiger partial charge is 0.497 e. The van der Waals surface area contributed by atoms with Crippen LogP contribution in [-0.2, 0) is 11.3 Å². The van der Waals surface area contributed by atoms with Crippen molar-refractivity contribution in [3.63, 3.8) is 0 Å². The van der Waals surface area contributed by atoms with E-state index in [-0.39, 0.29) is 23.6 Å². The minimum Gasteiger partial charge on any atom is -0.497 e. The molecule has 1 atom stereocenters. The minimum absolute atomic E-state index is 0.154. The van der Waals surface area contributed by atoms with Crippen LogP contribution in [0.1, 0.15) is 41.3 Å². The van der Waals surface area contributed by atoms with E-state index in [1.807, 2.05) is 30.1 Å². The number of thiazole rings is 1. The molecule has 2 heterocycles. The van der Waals surface area contributed by atoms with Crippen molar-refractivity contribution >= 4 is 51.8 Å². The van der Waals surface area contributed by atoms with E-state index in [0.29, 0.717) is 40.4 Å². The second kappa shape index (κ2) is 12.8. The summed E-state index contributed by atoms with van der Waals surface area (Å²) in [6.45, 7) is 4.49. The molecule has 2 N–H and O–H groups in total. The third-order valence-electron chi connectivity index (χ3n) is 4.84. The fourth-order valence-electron chi connectivity index (χ4n) is 3.14. The van der Waals surface area contributed by atoms with Gasteiger partial charge in [0.25, 0.3) is 5.91 Å². The van der Waals surface area contributed by atoms with Crippen LogP contribution in [0.5, 0.6) is 5.75 Å². The first kappa shape index (κ1) is 26.0. The van der Waals surface area contributed by atoms with Crippen LogP contribution < -0.4 is 15.4 Å². The Morgan fingerprint density at radius 1 is 1.24 bits per heavy atom. The van der Waals surface area contributed by atoms with Crippen LogP contribution in [0.3, 0.4) is 0 Å². The summed E-state index contributed by atoms with van der Waals surface area (Å²) < 4.78 is 7.12. The molecule has 0 radical (unpaired) electrons. The van der Waals surface area contributed by atoms with Gasteiger partial charge in [0.1, 0.15) is 5.75 Å². The van der Waals surface area contributed by atoms with Gasteiger partial charge in [0, 0.05) is 17.5 Å². The number of hydrogen-bond donors (Lipinski definition) is 2. The van der Waals surface area contributed by atoms with Gasteiger partial charge in [-0.1, -0.05) is 11.8 Å². The molecule has 0 aliphatic heterocycles. The lowest BCUT2D eigenvalue weighted by Crippen LogP contribution is -2.31. The topological polar surface area (TPSA) is 111 Å². The summed E-state index contributed by atoms with van der Waals surface area (Å²) in [6, 6.07) is 6.67. The highest BCUT2D eigenvalue weighted by atomic mass is 32.2. The summed E-state index contributed by atoms with van der Waals surface area (Å²) in [6.07, 6.45) is 2.73. The Kier molecular flexibility index (Phi) is 9.78. The highest BCUT2D eigenvalue weighted by Gasteiger charge is 2.23. The number of aromatic nitrogens is 4. The van der Waals surface area contributed by atoms with Gasteiger partial charge in [-0.2, -0.15) is 11.8 Å². The number of ether oxygens (including phenoxy) is 1. The van der Waals surface area contributed by atoms with E-state index in [1.54, 1.807) is 43.1 Å². The number of aryl methyl sites for hydroxylation is 1. The van der Waals surface area contributed by atoms with Crippen LogP contribution in [-0.4, -0.2) is 56.4 Å². The Hall–Kier alpha value is -2.57. The molecule has 0 aliphatic rings. The van der Waals surface area contributed by atoms with Crippen LogP contribution in [0, 0.1) is 6.92 Å². The van der Waals surface area contributed by atoms with Crippen molar-refractivity contribution in [1.29, 1.82) is 0 Å². The molecule has 0 saturated carbocycles. The van der Waals surface area contributed by atoms with E-state index in [4.69, 9.17) is 4.74 Å². The summed E-state index contributed by atoms with van der Waals surface area (Å²) in [7, 11) is 1.59. The summed E-state index contributed by atoms with van der Waals surface area (Å²) in [5.41, 5.74) is 1.41. The molecule has 34 heavy (non-hydrogen) atoms. The first-order valence-electron chi connectivity index (χ1n) is 10.7. The number of anilines is 1. The lowest BCUT2D eigenvalue weighted by atomic mass is 10.1. The first-order valence-corrected chi connectivity index (χ1v) is 13.9. The SMILES string of the molecule is CCn1c(SCC(=O)Nc2nc(C)cs2)nnc1C(CCSC)NC(=O)c1ccc(OC)cc1. The zero-order valence-corrected chi connectivity index (χ0v) is 22.0. The highest BCUT2D eigenvalue weighted by molar-refractivity contribution is 7.99. The molecule has 0 fully saturated rings. The number of carbonyl (C=O) groups excluding carboxylic acids is 2. The maximum atomic E-state index is 12.9. The van der Waals surface area contributed by atoms with Crippen LogP contribution in [0.15, 0.2) is 34.8 Å². The second-order valence-electron chi connectivity index (χ2n) is 7.25. The zero-order chi connectivity index (χ0) is 24.5. The summed E-state index contributed by atoms with van der Waals surface area (Å²) in [4.78, 5) is 29.5. The molecule has 182 valence electrons. The number of rotatable bonds is 12. The van der Waals surface area contributed by atoms with E-state index >= 15 is 0 Å². The van der Waals surface area contributed by atoms with Crippen molar-refractivity contribution in [1.82, 2.24) is 25.1 Å². The number of amides is 2. The Balaban J connectivity index is 1.70. The minimum atomic E-state index is -0.309. The summed E-state index contributed by atoms with van der Waals surface area (Å²) in [5.74, 6) is 2.06. The van der Waals surface area contributed by atoms with Crippen molar-refractivity contribution in [2.24, 2.45) is 0 Å². The molecule has 3 rings (SSSR count). The fraction of sp³-hybridized carbons (Fsp3) is 0.409. The highest BCUT2D eigenvalue weighted by Crippen LogP contribution is 2.24. The molecule has 0 saturated heterocycles. The number of nitrogens with zero attached hydrogens (tertiary/aromatic N) is 4. The molecule has 0 aliphatic carbocycles. The third-order valence-corrected chi connectivity index (χ3v) is 7.33. The number of carbonyl (C=O) groups is 2. The maximum absolute atomic E-state index is 12.9. The van der Waals surface area contributed by atoms with Gasteiger partial charge >= 0.3 is 0 Å².